The second-order valence-electron chi connectivity index (χ2n) is 5.13. The molecule has 1 fully saturated rings. The normalized spacial score (nSPS) is 17.8. The largest absolute Gasteiger partial charge is 0.383 e. The molecule has 0 atom stereocenters. The van der Waals surface area contributed by atoms with E-state index in [9.17, 15) is 0 Å². The van der Waals surface area contributed by atoms with E-state index in [4.69, 9.17) is 4.74 Å². The Balaban J connectivity index is 1.81. The summed E-state index contributed by atoms with van der Waals surface area (Å²) in [6, 6.07) is 0.674. The van der Waals surface area contributed by atoms with Crippen molar-refractivity contribution in [1.29, 1.82) is 0 Å². The molecule has 0 saturated heterocycles. The highest BCUT2D eigenvalue weighted by atomic mass is 16.5. The molecule has 0 aliphatic heterocycles. The van der Waals surface area contributed by atoms with Gasteiger partial charge in [-0.15, -0.1) is 0 Å². The monoisotopic (exact) mass is 251 g/mol. The SMILES string of the molecule is COCCNCc1cn(C2CCCCCC2)cn1. The summed E-state index contributed by atoms with van der Waals surface area (Å²) in [4.78, 5) is 4.48. The lowest BCUT2D eigenvalue weighted by Gasteiger charge is -2.15. The molecule has 4 heteroatoms. The van der Waals surface area contributed by atoms with Crippen LogP contribution in [-0.4, -0.2) is 29.8 Å². The standard InChI is InChI=1S/C14H25N3O/c1-18-9-8-15-10-13-11-17(12-16-13)14-6-4-2-3-5-7-14/h11-12,14-15H,2-10H2,1H3. The van der Waals surface area contributed by atoms with Crippen molar-refractivity contribution in [3.63, 3.8) is 0 Å². The molecule has 1 saturated carbocycles. The number of hydrogen-bond acceptors (Lipinski definition) is 3. The van der Waals surface area contributed by atoms with Gasteiger partial charge >= 0.3 is 0 Å². The van der Waals surface area contributed by atoms with Crippen LogP contribution in [0.5, 0.6) is 0 Å². The van der Waals surface area contributed by atoms with Crippen molar-refractivity contribution in [2.75, 3.05) is 20.3 Å². The van der Waals surface area contributed by atoms with Gasteiger partial charge in [0, 0.05) is 32.4 Å². The number of nitrogens with one attached hydrogen (secondary N) is 1. The minimum absolute atomic E-state index is 0.674. The molecular formula is C14H25N3O. The van der Waals surface area contributed by atoms with Crippen LogP contribution in [-0.2, 0) is 11.3 Å². The van der Waals surface area contributed by atoms with Crippen molar-refractivity contribution in [3.8, 4) is 0 Å². The highest BCUT2D eigenvalue weighted by Gasteiger charge is 2.14. The number of ether oxygens (including phenoxy) is 1. The van der Waals surface area contributed by atoms with Crippen molar-refractivity contribution in [2.24, 2.45) is 0 Å². The lowest BCUT2D eigenvalue weighted by molar-refractivity contribution is 0.199. The Hall–Kier alpha value is -0.870. The topological polar surface area (TPSA) is 39.1 Å². The number of nitrogens with zero attached hydrogens (tertiary/aromatic N) is 2. The van der Waals surface area contributed by atoms with Crippen molar-refractivity contribution in [1.82, 2.24) is 14.9 Å². The highest BCUT2D eigenvalue weighted by molar-refractivity contribution is 4.98. The zero-order valence-electron chi connectivity index (χ0n) is 11.4. The smallest absolute Gasteiger partial charge is 0.0952 e. The zero-order valence-corrected chi connectivity index (χ0v) is 11.4. The molecule has 1 aromatic rings. The first-order chi connectivity index (χ1) is 8.90. The number of aromatic nitrogens is 2. The summed E-state index contributed by atoms with van der Waals surface area (Å²) in [5.41, 5.74) is 1.13. The number of hydrogen-bond donors (Lipinski definition) is 1. The Morgan fingerprint density at radius 1 is 1.33 bits per heavy atom. The van der Waals surface area contributed by atoms with E-state index in [-0.39, 0.29) is 0 Å². The van der Waals surface area contributed by atoms with Gasteiger partial charge in [-0.1, -0.05) is 25.7 Å². The van der Waals surface area contributed by atoms with Crippen LogP contribution in [0, 0.1) is 0 Å². The van der Waals surface area contributed by atoms with Crippen molar-refractivity contribution < 1.29 is 4.74 Å². The minimum atomic E-state index is 0.674. The molecule has 18 heavy (non-hydrogen) atoms. The molecule has 2 rings (SSSR count). The summed E-state index contributed by atoms with van der Waals surface area (Å²) in [5, 5.41) is 3.33. The predicted molar refractivity (Wildman–Crippen MR) is 72.5 cm³/mol. The molecular weight excluding hydrogens is 226 g/mol. The molecule has 102 valence electrons. The summed E-state index contributed by atoms with van der Waals surface area (Å²) in [7, 11) is 1.72. The van der Waals surface area contributed by atoms with Crippen LogP contribution in [0.15, 0.2) is 12.5 Å². The van der Waals surface area contributed by atoms with Gasteiger partial charge in [0.25, 0.3) is 0 Å². The summed E-state index contributed by atoms with van der Waals surface area (Å²) >= 11 is 0. The number of methoxy groups -OCH3 is 1. The van der Waals surface area contributed by atoms with E-state index in [2.05, 4.69) is 21.1 Å². The minimum Gasteiger partial charge on any atom is -0.383 e. The summed E-state index contributed by atoms with van der Waals surface area (Å²) < 4.78 is 7.32. The highest BCUT2D eigenvalue weighted by Crippen LogP contribution is 2.26. The van der Waals surface area contributed by atoms with E-state index in [1.807, 2.05) is 6.33 Å². The Morgan fingerprint density at radius 3 is 2.83 bits per heavy atom. The van der Waals surface area contributed by atoms with Gasteiger partial charge in [0.05, 0.1) is 18.6 Å². The van der Waals surface area contributed by atoms with Gasteiger partial charge in [0.2, 0.25) is 0 Å². The van der Waals surface area contributed by atoms with Crippen LogP contribution in [0.1, 0.15) is 50.3 Å². The Morgan fingerprint density at radius 2 is 2.11 bits per heavy atom. The van der Waals surface area contributed by atoms with Crippen molar-refractivity contribution >= 4 is 0 Å². The third-order valence-corrected chi connectivity index (χ3v) is 3.69. The van der Waals surface area contributed by atoms with Crippen LogP contribution in [0.2, 0.25) is 0 Å². The quantitative estimate of drug-likeness (QED) is 0.624. The van der Waals surface area contributed by atoms with Crippen LogP contribution in [0.25, 0.3) is 0 Å². The van der Waals surface area contributed by atoms with Gasteiger partial charge in [0.1, 0.15) is 0 Å². The summed E-state index contributed by atoms with van der Waals surface area (Å²) in [6.45, 7) is 2.47. The second-order valence-corrected chi connectivity index (χ2v) is 5.13. The Labute approximate surface area is 110 Å². The van der Waals surface area contributed by atoms with E-state index >= 15 is 0 Å². The molecule has 0 amide bonds. The fraction of sp³-hybridized carbons (Fsp3) is 0.786. The van der Waals surface area contributed by atoms with Crippen molar-refractivity contribution in [3.05, 3.63) is 18.2 Å². The fourth-order valence-corrected chi connectivity index (χ4v) is 2.62. The third-order valence-electron chi connectivity index (χ3n) is 3.69. The zero-order chi connectivity index (χ0) is 12.6. The molecule has 0 aromatic carbocycles. The number of imidazole rings is 1. The van der Waals surface area contributed by atoms with Gasteiger partial charge in [-0.2, -0.15) is 0 Å². The number of rotatable bonds is 6. The third kappa shape index (κ3) is 4.10. The lowest BCUT2D eigenvalue weighted by Crippen LogP contribution is -2.18. The van der Waals surface area contributed by atoms with E-state index in [1.54, 1.807) is 7.11 Å². The van der Waals surface area contributed by atoms with E-state index < -0.39 is 0 Å². The first kappa shape index (κ1) is 13.6. The van der Waals surface area contributed by atoms with E-state index in [0.717, 1.165) is 25.4 Å². The maximum atomic E-state index is 5.01. The molecule has 4 nitrogen and oxygen atoms in total. The second kappa shape index (κ2) is 7.54. The average molecular weight is 251 g/mol. The molecule has 1 heterocycles. The molecule has 1 aliphatic carbocycles. The Kier molecular flexibility index (Phi) is 5.68. The first-order valence-electron chi connectivity index (χ1n) is 7.12. The molecule has 0 unspecified atom stereocenters. The Bertz CT molecular complexity index is 330. The van der Waals surface area contributed by atoms with E-state index in [1.165, 1.54) is 38.5 Å². The van der Waals surface area contributed by atoms with Gasteiger partial charge < -0.3 is 14.6 Å². The van der Waals surface area contributed by atoms with Crippen LogP contribution in [0.4, 0.5) is 0 Å². The van der Waals surface area contributed by atoms with Crippen LogP contribution >= 0.6 is 0 Å². The molecule has 1 aromatic heterocycles. The van der Waals surface area contributed by atoms with E-state index in [0.29, 0.717) is 6.04 Å². The molecule has 0 bridgehead atoms. The summed E-state index contributed by atoms with van der Waals surface area (Å²) in [6.07, 6.45) is 12.4. The lowest BCUT2D eigenvalue weighted by atomic mass is 10.1. The fourth-order valence-electron chi connectivity index (χ4n) is 2.62. The van der Waals surface area contributed by atoms with Gasteiger partial charge in [-0.05, 0) is 12.8 Å². The predicted octanol–water partition coefficient (Wildman–Crippen LogP) is 2.51. The summed E-state index contributed by atoms with van der Waals surface area (Å²) in [5.74, 6) is 0. The average Bonchev–Trinajstić information content (AvgIpc) is 2.69. The molecule has 1 aliphatic rings. The first-order valence-corrected chi connectivity index (χ1v) is 7.12. The molecule has 0 spiro atoms. The molecule has 0 radical (unpaired) electrons. The van der Waals surface area contributed by atoms with Crippen molar-refractivity contribution in [2.45, 2.75) is 51.1 Å². The maximum absolute atomic E-state index is 5.01. The van der Waals surface area contributed by atoms with Crippen LogP contribution < -0.4 is 5.32 Å². The van der Waals surface area contributed by atoms with Gasteiger partial charge in [0.15, 0.2) is 0 Å². The maximum Gasteiger partial charge on any atom is 0.0952 e. The van der Waals surface area contributed by atoms with Gasteiger partial charge in [-0.3, -0.25) is 0 Å². The van der Waals surface area contributed by atoms with Gasteiger partial charge in [-0.25, -0.2) is 4.98 Å². The van der Waals surface area contributed by atoms with Crippen LogP contribution in [0.3, 0.4) is 0 Å². The molecule has 1 N–H and O–H groups in total.